The predicted molar refractivity (Wildman–Crippen MR) is 103 cm³/mol. The summed E-state index contributed by atoms with van der Waals surface area (Å²) in [5, 5.41) is 13.5. The normalized spacial score (nSPS) is 17.8. The van der Waals surface area contributed by atoms with E-state index in [0.29, 0.717) is 30.3 Å². The Bertz CT molecular complexity index is 865. The number of carbonyl (C=O) groups excluding carboxylic acids is 1. The quantitative estimate of drug-likeness (QED) is 0.815. The Morgan fingerprint density at radius 1 is 1.11 bits per heavy atom. The monoisotopic (exact) mass is 382 g/mol. The van der Waals surface area contributed by atoms with E-state index in [0.717, 1.165) is 61.8 Å². The van der Waals surface area contributed by atoms with Crippen molar-refractivity contribution in [1.82, 2.24) is 10.1 Å². The van der Waals surface area contributed by atoms with Crippen molar-refractivity contribution >= 4 is 11.9 Å². The van der Waals surface area contributed by atoms with Gasteiger partial charge in [-0.15, -0.1) is 0 Å². The van der Waals surface area contributed by atoms with Crippen LogP contribution in [0, 0.1) is 5.92 Å². The number of hydrogen-bond acceptors (Lipinski definition) is 4. The Labute approximate surface area is 164 Å². The molecule has 28 heavy (non-hydrogen) atoms. The minimum Gasteiger partial charge on any atom is -0.478 e. The zero-order valence-corrected chi connectivity index (χ0v) is 16.0. The highest BCUT2D eigenvalue weighted by Crippen LogP contribution is 2.27. The van der Waals surface area contributed by atoms with E-state index in [1.54, 1.807) is 12.1 Å². The molecule has 4 rings (SSSR count). The van der Waals surface area contributed by atoms with Crippen LogP contribution in [0.3, 0.4) is 0 Å². The number of carbonyl (C=O) groups is 2. The lowest BCUT2D eigenvalue weighted by Gasteiger charge is -2.32. The standard InChI is InChI=1S/C22H26N2O4/c25-21(20-18-8-2-1-3-9-19(18)28-23-20)24-12-10-15(11-13-24)14-16-6-4-5-7-17(16)22(26)27/h4-7,15H,1-3,8-14H2,(H,26,27). The van der Waals surface area contributed by atoms with Crippen LogP contribution in [0.25, 0.3) is 0 Å². The fourth-order valence-electron chi connectivity index (χ4n) is 4.44. The van der Waals surface area contributed by atoms with Gasteiger partial charge >= 0.3 is 5.97 Å². The molecule has 1 aromatic carbocycles. The number of likely N-dealkylation sites (tertiary alicyclic amines) is 1. The van der Waals surface area contributed by atoms with Gasteiger partial charge in [-0.2, -0.15) is 0 Å². The number of amides is 1. The zero-order chi connectivity index (χ0) is 19.5. The molecule has 0 unspecified atom stereocenters. The minimum absolute atomic E-state index is 0.0173. The smallest absolute Gasteiger partial charge is 0.335 e. The van der Waals surface area contributed by atoms with Gasteiger partial charge in [-0.1, -0.05) is 29.8 Å². The average Bonchev–Trinajstić information content (AvgIpc) is 2.96. The molecular weight excluding hydrogens is 356 g/mol. The van der Waals surface area contributed by atoms with Crippen molar-refractivity contribution in [3.05, 3.63) is 52.4 Å². The summed E-state index contributed by atoms with van der Waals surface area (Å²) in [4.78, 5) is 26.3. The maximum Gasteiger partial charge on any atom is 0.335 e. The molecule has 1 aromatic heterocycles. The Morgan fingerprint density at radius 2 is 1.86 bits per heavy atom. The summed E-state index contributed by atoms with van der Waals surface area (Å²) >= 11 is 0. The lowest BCUT2D eigenvalue weighted by Crippen LogP contribution is -2.39. The minimum atomic E-state index is -0.880. The van der Waals surface area contributed by atoms with Gasteiger partial charge in [-0.25, -0.2) is 4.79 Å². The molecule has 1 N–H and O–H groups in total. The van der Waals surface area contributed by atoms with Gasteiger partial charge in [-0.05, 0) is 56.1 Å². The van der Waals surface area contributed by atoms with Crippen molar-refractivity contribution in [2.24, 2.45) is 5.92 Å². The predicted octanol–water partition coefficient (Wildman–Crippen LogP) is 3.74. The number of carboxylic acid groups (broad SMARTS) is 1. The third-order valence-corrected chi connectivity index (χ3v) is 6.06. The van der Waals surface area contributed by atoms with E-state index in [9.17, 15) is 14.7 Å². The molecule has 0 bridgehead atoms. The van der Waals surface area contributed by atoms with Crippen molar-refractivity contribution < 1.29 is 19.2 Å². The summed E-state index contributed by atoms with van der Waals surface area (Å²) in [5.41, 5.74) is 2.78. The number of aromatic carboxylic acids is 1. The summed E-state index contributed by atoms with van der Waals surface area (Å²) in [7, 11) is 0. The highest BCUT2D eigenvalue weighted by atomic mass is 16.5. The molecule has 0 spiro atoms. The van der Waals surface area contributed by atoms with Crippen molar-refractivity contribution in [2.75, 3.05) is 13.1 Å². The molecule has 2 aliphatic rings. The van der Waals surface area contributed by atoms with Crippen LogP contribution in [0.15, 0.2) is 28.8 Å². The second-order valence-electron chi connectivity index (χ2n) is 7.90. The second kappa shape index (κ2) is 8.17. The highest BCUT2D eigenvalue weighted by Gasteiger charge is 2.30. The van der Waals surface area contributed by atoms with E-state index in [4.69, 9.17) is 4.52 Å². The van der Waals surface area contributed by atoms with Crippen LogP contribution in [0.1, 0.15) is 69.8 Å². The first-order valence-electron chi connectivity index (χ1n) is 10.2. The summed E-state index contributed by atoms with van der Waals surface area (Å²) in [5.74, 6) is 0.381. The molecule has 1 fully saturated rings. The lowest BCUT2D eigenvalue weighted by atomic mass is 9.88. The number of piperidine rings is 1. The molecule has 2 aromatic rings. The molecule has 2 heterocycles. The van der Waals surface area contributed by atoms with Gasteiger partial charge in [0, 0.05) is 25.1 Å². The Hall–Kier alpha value is -2.63. The van der Waals surface area contributed by atoms with E-state index in [2.05, 4.69) is 5.16 Å². The van der Waals surface area contributed by atoms with Crippen LogP contribution in [0.2, 0.25) is 0 Å². The first-order valence-corrected chi connectivity index (χ1v) is 10.2. The van der Waals surface area contributed by atoms with E-state index >= 15 is 0 Å². The number of fused-ring (bicyclic) bond motifs is 1. The SMILES string of the molecule is O=C(O)c1ccccc1CC1CCN(C(=O)c2noc3c2CCCCC3)CC1. The summed E-state index contributed by atoms with van der Waals surface area (Å²) in [6, 6.07) is 7.20. The lowest BCUT2D eigenvalue weighted by molar-refractivity contribution is 0.0679. The van der Waals surface area contributed by atoms with E-state index in [1.807, 2.05) is 17.0 Å². The molecular formula is C22H26N2O4. The summed E-state index contributed by atoms with van der Waals surface area (Å²) < 4.78 is 5.46. The molecule has 0 atom stereocenters. The second-order valence-corrected chi connectivity index (χ2v) is 7.90. The molecule has 1 amide bonds. The molecule has 6 heteroatoms. The average molecular weight is 382 g/mol. The largest absolute Gasteiger partial charge is 0.478 e. The maximum atomic E-state index is 13.0. The summed E-state index contributed by atoms with van der Waals surface area (Å²) in [6.07, 6.45) is 7.59. The molecule has 1 aliphatic carbocycles. The van der Waals surface area contributed by atoms with Gasteiger partial charge in [-0.3, -0.25) is 4.79 Å². The van der Waals surface area contributed by atoms with E-state index in [1.165, 1.54) is 6.42 Å². The number of aryl methyl sites for hydroxylation is 1. The number of carboxylic acids is 1. The van der Waals surface area contributed by atoms with Gasteiger partial charge < -0.3 is 14.5 Å². The molecule has 1 aliphatic heterocycles. The molecule has 148 valence electrons. The van der Waals surface area contributed by atoms with Crippen molar-refractivity contribution in [3.63, 3.8) is 0 Å². The van der Waals surface area contributed by atoms with Gasteiger partial charge in [0.1, 0.15) is 5.76 Å². The number of rotatable bonds is 4. The van der Waals surface area contributed by atoms with Crippen LogP contribution in [-0.4, -0.2) is 40.1 Å². The maximum absolute atomic E-state index is 13.0. The van der Waals surface area contributed by atoms with Crippen LogP contribution in [-0.2, 0) is 19.3 Å². The Morgan fingerprint density at radius 3 is 2.64 bits per heavy atom. The molecule has 0 radical (unpaired) electrons. The van der Waals surface area contributed by atoms with Crippen molar-refractivity contribution in [2.45, 2.75) is 51.4 Å². The molecule has 6 nitrogen and oxygen atoms in total. The molecule has 0 saturated carbocycles. The van der Waals surface area contributed by atoms with Gasteiger partial charge in [0.15, 0.2) is 5.69 Å². The third-order valence-electron chi connectivity index (χ3n) is 6.06. The fraction of sp³-hybridized carbons (Fsp3) is 0.500. The number of aromatic nitrogens is 1. The number of benzene rings is 1. The number of hydrogen-bond donors (Lipinski definition) is 1. The van der Waals surface area contributed by atoms with E-state index < -0.39 is 5.97 Å². The highest BCUT2D eigenvalue weighted by molar-refractivity contribution is 5.94. The third kappa shape index (κ3) is 3.81. The molecule has 1 saturated heterocycles. The summed E-state index contributed by atoms with van der Waals surface area (Å²) in [6.45, 7) is 1.36. The Balaban J connectivity index is 1.39. The van der Waals surface area contributed by atoms with Crippen LogP contribution >= 0.6 is 0 Å². The van der Waals surface area contributed by atoms with Crippen LogP contribution in [0.4, 0.5) is 0 Å². The van der Waals surface area contributed by atoms with E-state index in [-0.39, 0.29) is 5.91 Å². The van der Waals surface area contributed by atoms with Gasteiger partial charge in [0.05, 0.1) is 5.56 Å². The first kappa shape index (κ1) is 18.7. The zero-order valence-electron chi connectivity index (χ0n) is 16.0. The van der Waals surface area contributed by atoms with Crippen LogP contribution < -0.4 is 0 Å². The first-order chi connectivity index (χ1) is 13.6. The van der Waals surface area contributed by atoms with Crippen molar-refractivity contribution in [3.8, 4) is 0 Å². The van der Waals surface area contributed by atoms with Crippen LogP contribution in [0.5, 0.6) is 0 Å². The van der Waals surface area contributed by atoms with Gasteiger partial charge in [0.2, 0.25) is 0 Å². The number of nitrogens with zero attached hydrogens (tertiary/aromatic N) is 2. The van der Waals surface area contributed by atoms with Crippen molar-refractivity contribution in [1.29, 1.82) is 0 Å². The fourth-order valence-corrected chi connectivity index (χ4v) is 4.44. The Kier molecular flexibility index (Phi) is 5.46. The van der Waals surface area contributed by atoms with Gasteiger partial charge in [0.25, 0.3) is 5.91 Å². The topological polar surface area (TPSA) is 83.6 Å².